The Labute approximate surface area is 169 Å². The quantitative estimate of drug-likeness (QED) is 0.656. The van der Waals surface area contributed by atoms with Crippen LogP contribution >= 0.6 is 0 Å². The third-order valence-electron chi connectivity index (χ3n) is 4.85. The maximum atomic E-state index is 12.6. The van der Waals surface area contributed by atoms with Crippen LogP contribution in [0, 0.1) is 0 Å². The van der Waals surface area contributed by atoms with Crippen LogP contribution in [0.3, 0.4) is 0 Å². The van der Waals surface area contributed by atoms with Crippen molar-refractivity contribution in [2.75, 3.05) is 16.8 Å². The first-order valence-electron chi connectivity index (χ1n) is 9.70. The number of benzene rings is 3. The number of carbonyl (C=O) groups is 2. The van der Waals surface area contributed by atoms with Crippen LogP contribution in [0.2, 0.25) is 0 Å². The highest BCUT2D eigenvalue weighted by atomic mass is 16.5. The summed E-state index contributed by atoms with van der Waals surface area (Å²) in [6.45, 7) is 3.27. The van der Waals surface area contributed by atoms with E-state index < -0.39 is 0 Å². The average molecular weight is 386 g/mol. The van der Waals surface area contributed by atoms with E-state index in [1.807, 2.05) is 55.5 Å². The zero-order valence-electron chi connectivity index (χ0n) is 16.2. The summed E-state index contributed by atoms with van der Waals surface area (Å²) in [7, 11) is 0. The van der Waals surface area contributed by atoms with Gasteiger partial charge in [0.1, 0.15) is 5.75 Å². The number of carbonyl (C=O) groups excluding carboxylic acids is 2. The molecule has 0 saturated heterocycles. The molecule has 5 nitrogen and oxygen atoms in total. The fraction of sp³-hybridized carbons (Fsp3) is 0.167. The van der Waals surface area contributed by atoms with Gasteiger partial charge in [-0.15, -0.1) is 0 Å². The molecule has 29 heavy (non-hydrogen) atoms. The number of nitrogens with zero attached hydrogens (tertiary/aromatic N) is 1. The molecule has 5 heteroatoms. The molecule has 0 fully saturated rings. The van der Waals surface area contributed by atoms with Crippen molar-refractivity contribution in [3.05, 3.63) is 89.5 Å². The number of nitrogens with one attached hydrogen (secondary N) is 1. The summed E-state index contributed by atoms with van der Waals surface area (Å²) < 4.78 is 5.54. The van der Waals surface area contributed by atoms with Gasteiger partial charge in [0.15, 0.2) is 0 Å². The van der Waals surface area contributed by atoms with Crippen molar-refractivity contribution in [1.29, 1.82) is 0 Å². The molecule has 0 radical (unpaired) electrons. The summed E-state index contributed by atoms with van der Waals surface area (Å²) in [5, 5.41) is 2.88. The Hall–Kier alpha value is -3.60. The van der Waals surface area contributed by atoms with Crippen molar-refractivity contribution in [3.63, 3.8) is 0 Å². The largest absolute Gasteiger partial charge is 0.494 e. The highest BCUT2D eigenvalue weighted by molar-refractivity contribution is 6.10. The van der Waals surface area contributed by atoms with Gasteiger partial charge in [0.2, 0.25) is 0 Å². The second kappa shape index (κ2) is 8.19. The maximum Gasteiger partial charge on any atom is 0.258 e. The van der Waals surface area contributed by atoms with Gasteiger partial charge in [0.05, 0.1) is 13.2 Å². The molecule has 1 aliphatic heterocycles. The third kappa shape index (κ3) is 3.99. The number of ether oxygens (including phenoxy) is 1. The lowest BCUT2D eigenvalue weighted by Gasteiger charge is -2.16. The van der Waals surface area contributed by atoms with E-state index in [1.165, 1.54) is 0 Å². The molecule has 2 amide bonds. The Morgan fingerprint density at radius 3 is 2.41 bits per heavy atom. The van der Waals surface area contributed by atoms with Crippen LogP contribution in [0.25, 0.3) is 0 Å². The standard InChI is InChI=1S/C24H22N2O3/c1-2-15-29-21-13-7-17(8-14-21)23(27)25-19-9-11-20(12-10-19)26-16-18-5-3-4-6-22(18)24(26)28/h3-14H,2,15-16H2,1H3,(H,25,27). The van der Waals surface area contributed by atoms with Crippen molar-refractivity contribution in [3.8, 4) is 5.75 Å². The smallest absolute Gasteiger partial charge is 0.258 e. The Bertz CT molecular complexity index is 1030. The fourth-order valence-electron chi connectivity index (χ4n) is 3.31. The monoisotopic (exact) mass is 386 g/mol. The Kier molecular flexibility index (Phi) is 5.29. The molecule has 0 atom stereocenters. The molecule has 0 aromatic heterocycles. The Morgan fingerprint density at radius 2 is 1.72 bits per heavy atom. The number of rotatable bonds is 6. The molecule has 1 aliphatic rings. The number of hydrogen-bond donors (Lipinski definition) is 1. The molecule has 0 bridgehead atoms. The van der Waals surface area contributed by atoms with Gasteiger partial charge in [0.25, 0.3) is 11.8 Å². The molecule has 1 heterocycles. The second-order valence-electron chi connectivity index (χ2n) is 6.92. The van der Waals surface area contributed by atoms with Crippen LogP contribution in [-0.2, 0) is 6.54 Å². The average Bonchev–Trinajstić information content (AvgIpc) is 3.10. The van der Waals surface area contributed by atoms with Crippen molar-refractivity contribution < 1.29 is 14.3 Å². The van der Waals surface area contributed by atoms with Gasteiger partial charge in [0, 0.05) is 22.5 Å². The molecule has 0 unspecified atom stereocenters. The lowest BCUT2D eigenvalue weighted by Crippen LogP contribution is -2.22. The van der Waals surface area contributed by atoms with E-state index >= 15 is 0 Å². The summed E-state index contributed by atoms with van der Waals surface area (Å²) in [5.74, 6) is 0.566. The minimum atomic E-state index is -0.190. The minimum Gasteiger partial charge on any atom is -0.494 e. The summed E-state index contributed by atoms with van der Waals surface area (Å²) in [4.78, 5) is 26.8. The molecular formula is C24H22N2O3. The predicted molar refractivity (Wildman–Crippen MR) is 114 cm³/mol. The molecule has 3 aromatic rings. The molecule has 0 spiro atoms. The van der Waals surface area contributed by atoms with Crippen molar-refractivity contribution >= 4 is 23.2 Å². The first-order valence-corrected chi connectivity index (χ1v) is 9.70. The zero-order chi connectivity index (χ0) is 20.2. The zero-order valence-corrected chi connectivity index (χ0v) is 16.2. The summed E-state index contributed by atoms with van der Waals surface area (Å²) in [6.07, 6.45) is 0.938. The summed E-state index contributed by atoms with van der Waals surface area (Å²) in [5.41, 5.74) is 3.82. The van der Waals surface area contributed by atoms with Crippen molar-refractivity contribution in [2.24, 2.45) is 0 Å². The van der Waals surface area contributed by atoms with E-state index in [-0.39, 0.29) is 11.8 Å². The van der Waals surface area contributed by atoms with Crippen LogP contribution in [0.15, 0.2) is 72.8 Å². The van der Waals surface area contributed by atoms with Crippen molar-refractivity contribution in [2.45, 2.75) is 19.9 Å². The highest BCUT2D eigenvalue weighted by Crippen LogP contribution is 2.29. The van der Waals surface area contributed by atoms with Gasteiger partial charge in [-0.05, 0) is 66.6 Å². The number of anilines is 2. The van der Waals surface area contributed by atoms with Gasteiger partial charge in [-0.25, -0.2) is 0 Å². The van der Waals surface area contributed by atoms with Crippen LogP contribution < -0.4 is 15.0 Å². The van der Waals surface area contributed by atoms with E-state index in [4.69, 9.17) is 4.74 Å². The third-order valence-corrected chi connectivity index (χ3v) is 4.85. The molecule has 1 N–H and O–H groups in total. The Morgan fingerprint density at radius 1 is 1.00 bits per heavy atom. The molecule has 0 saturated carbocycles. The first-order chi connectivity index (χ1) is 14.2. The lowest BCUT2D eigenvalue weighted by molar-refractivity contribution is 0.0994. The van der Waals surface area contributed by atoms with E-state index in [0.717, 1.165) is 29.0 Å². The number of amides is 2. The first kappa shape index (κ1) is 18.7. The molecule has 4 rings (SSSR count). The van der Waals surface area contributed by atoms with Crippen molar-refractivity contribution in [1.82, 2.24) is 0 Å². The van der Waals surface area contributed by atoms with Crippen LogP contribution in [0.5, 0.6) is 5.75 Å². The summed E-state index contributed by atoms with van der Waals surface area (Å²) in [6, 6.07) is 22.0. The number of hydrogen-bond acceptors (Lipinski definition) is 3. The molecule has 0 aliphatic carbocycles. The SMILES string of the molecule is CCCOc1ccc(C(=O)Nc2ccc(N3Cc4ccccc4C3=O)cc2)cc1. The van der Waals surface area contributed by atoms with Gasteiger partial charge >= 0.3 is 0 Å². The lowest BCUT2D eigenvalue weighted by atomic mass is 10.1. The van der Waals surface area contributed by atoms with E-state index in [0.29, 0.717) is 24.4 Å². The van der Waals surface area contributed by atoms with Gasteiger partial charge in [-0.3, -0.25) is 9.59 Å². The normalized spacial score (nSPS) is 12.6. The van der Waals surface area contributed by atoms with Crippen LogP contribution in [0.1, 0.15) is 39.6 Å². The summed E-state index contributed by atoms with van der Waals surface area (Å²) >= 11 is 0. The maximum absolute atomic E-state index is 12.6. The molecule has 3 aromatic carbocycles. The molecular weight excluding hydrogens is 364 g/mol. The minimum absolute atomic E-state index is 0.00256. The number of fused-ring (bicyclic) bond motifs is 1. The van der Waals surface area contributed by atoms with Crippen LogP contribution in [-0.4, -0.2) is 18.4 Å². The second-order valence-corrected chi connectivity index (χ2v) is 6.92. The Balaban J connectivity index is 1.41. The topological polar surface area (TPSA) is 58.6 Å². The predicted octanol–water partition coefficient (Wildman–Crippen LogP) is 4.89. The van der Waals surface area contributed by atoms with E-state index in [1.54, 1.807) is 29.2 Å². The fourth-order valence-corrected chi connectivity index (χ4v) is 3.31. The van der Waals surface area contributed by atoms with E-state index in [9.17, 15) is 9.59 Å². The van der Waals surface area contributed by atoms with Gasteiger partial charge in [-0.2, -0.15) is 0 Å². The highest BCUT2D eigenvalue weighted by Gasteiger charge is 2.27. The van der Waals surface area contributed by atoms with Gasteiger partial charge < -0.3 is 15.0 Å². The van der Waals surface area contributed by atoms with Crippen LogP contribution in [0.4, 0.5) is 11.4 Å². The van der Waals surface area contributed by atoms with Gasteiger partial charge in [-0.1, -0.05) is 25.1 Å². The molecule has 146 valence electrons. The van der Waals surface area contributed by atoms with E-state index in [2.05, 4.69) is 5.32 Å².